The lowest BCUT2D eigenvalue weighted by Crippen LogP contribution is -1.97. The molecule has 0 saturated carbocycles. The summed E-state index contributed by atoms with van der Waals surface area (Å²) in [5, 5.41) is 0. The topological polar surface area (TPSA) is 0 Å². The summed E-state index contributed by atoms with van der Waals surface area (Å²) in [5.74, 6) is 0. The molecule has 0 spiro atoms. The van der Waals surface area contributed by atoms with Gasteiger partial charge in [-0.2, -0.15) is 0 Å². The lowest BCUT2D eigenvalue weighted by atomic mass is 10.0. The van der Waals surface area contributed by atoms with Crippen LogP contribution in [0.15, 0.2) is 0 Å². The van der Waals surface area contributed by atoms with Crippen molar-refractivity contribution in [1.82, 2.24) is 0 Å². The molecular weight excluding hydrogens is 412 g/mol. The molecule has 0 rings (SSSR count). The molecular formula is C32H68Si. The van der Waals surface area contributed by atoms with E-state index in [9.17, 15) is 0 Å². The summed E-state index contributed by atoms with van der Waals surface area (Å²) in [6, 6.07) is 1.57. The van der Waals surface area contributed by atoms with Gasteiger partial charge in [0.05, 0.1) is 0 Å². The number of unbranched alkanes of at least 4 members (excludes halogenated alkanes) is 27. The summed E-state index contributed by atoms with van der Waals surface area (Å²) >= 11 is 0. The monoisotopic (exact) mass is 481 g/mol. The van der Waals surface area contributed by atoms with Gasteiger partial charge in [0.1, 0.15) is 0 Å². The van der Waals surface area contributed by atoms with Crippen LogP contribution >= 0.6 is 0 Å². The first-order valence-electron chi connectivity index (χ1n) is 16.3. The van der Waals surface area contributed by atoms with Crippen molar-refractivity contribution in [2.24, 2.45) is 0 Å². The Labute approximate surface area is 214 Å². The minimum atomic E-state index is -0.277. The molecule has 0 N–H and O–H groups in total. The highest BCUT2D eigenvalue weighted by atomic mass is 28.3. The standard InChI is InChI=1S/C32H68Si/c1-4-5-6-7-8-9-10-11-12-13-14-15-16-17-18-19-20-21-22-23-24-25-26-27-28-29-30-31-32-33(2)3/h33H,4-32H2,1-3H3. The molecule has 0 aromatic carbocycles. The third kappa shape index (κ3) is 32.2. The van der Waals surface area contributed by atoms with Crippen molar-refractivity contribution < 1.29 is 0 Å². The summed E-state index contributed by atoms with van der Waals surface area (Å²) in [6.07, 6.45) is 41.7. The molecule has 0 radical (unpaired) electrons. The Balaban J connectivity index is 3.00. The molecule has 0 bridgehead atoms. The average Bonchev–Trinajstić information content (AvgIpc) is 2.80. The van der Waals surface area contributed by atoms with E-state index in [4.69, 9.17) is 0 Å². The lowest BCUT2D eigenvalue weighted by Gasteiger charge is -2.05. The zero-order chi connectivity index (χ0) is 24.1. The minimum absolute atomic E-state index is 0.277. The molecule has 0 nitrogen and oxygen atoms in total. The van der Waals surface area contributed by atoms with Crippen molar-refractivity contribution >= 4 is 8.80 Å². The van der Waals surface area contributed by atoms with Crippen LogP contribution in [-0.4, -0.2) is 8.80 Å². The average molecular weight is 481 g/mol. The second-order valence-electron chi connectivity index (χ2n) is 11.7. The Kier molecular flexibility index (Phi) is 30.4. The summed E-state index contributed by atoms with van der Waals surface area (Å²) < 4.78 is 0. The summed E-state index contributed by atoms with van der Waals surface area (Å²) in [5.41, 5.74) is 0. The third-order valence-electron chi connectivity index (χ3n) is 7.64. The Morgan fingerprint density at radius 1 is 0.273 bits per heavy atom. The van der Waals surface area contributed by atoms with E-state index in [1.165, 1.54) is 180 Å². The van der Waals surface area contributed by atoms with E-state index in [1.807, 2.05) is 0 Å². The molecule has 0 unspecified atom stereocenters. The molecule has 0 saturated heterocycles. The van der Waals surface area contributed by atoms with Crippen molar-refractivity contribution in [3.05, 3.63) is 0 Å². The Bertz CT molecular complexity index is 324. The SMILES string of the molecule is CCCCCCCCCCCCCCCCCCCCCCCCCCCCCC[SiH](C)C. The Morgan fingerprint density at radius 3 is 0.636 bits per heavy atom. The normalized spacial score (nSPS) is 11.6. The van der Waals surface area contributed by atoms with Crippen LogP contribution in [0.3, 0.4) is 0 Å². The summed E-state index contributed by atoms with van der Waals surface area (Å²) in [4.78, 5) is 0. The molecule has 0 amide bonds. The van der Waals surface area contributed by atoms with Crippen molar-refractivity contribution in [3.8, 4) is 0 Å². The first-order valence-corrected chi connectivity index (χ1v) is 19.4. The molecule has 0 aromatic heterocycles. The fraction of sp³-hybridized carbons (Fsp3) is 1.00. The second-order valence-corrected chi connectivity index (χ2v) is 15.1. The van der Waals surface area contributed by atoms with Gasteiger partial charge >= 0.3 is 0 Å². The van der Waals surface area contributed by atoms with E-state index < -0.39 is 0 Å². The zero-order valence-corrected chi connectivity index (χ0v) is 25.2. The van der Waals surface area contributed by atoms with Gasteiger partial charge in [-0.15, -0.1) is 0 Å². The van der Waals surface area contributed by atoms with Gasteiger partial charge in [-0.1, -0.05) is 206 Å². The van der Waals surface area contributed by atoms with Crippen LogP contribution in [0.1, 0.15) is 187 Å². The number of rotatable bonds is 29. The van der Waals surface area contributed by atoms with Crippen molar-refractivity contribution in [3.63, 3.8) is 0 Å². The van der Waals surface area contributed by atoms with Crippen LogP contribution in [-0.2, 0) is 0 Å². The maximum absolute atomic E-state index is 2.49. The smallest absolute Gasteiger partial charge is 0.0305 e. The van der Waals surface area contributed by atoms with Crippen LogP contribution in [0, 0.1) is 0 Å². The maximum Gasteiger partial charge on any atom is 0.0305 e. The van der Waals surface area contributed by atoms with Gasteiger partial charge in [0.2, 0.25) is 0 Å². The molecule has 0 heterocycles. The molecule has 0 fully saturated rings. The molecule has 200 valence electrons. The first kappa shape index (κ1) is 33.2. The minimum Gasteiger partial charge on any atom is -0.0722 e. The summed E-state index contributed by atoms with van der Waals surface area (Å²) in [7, 11) is -0.277. The molecule has 0 aliphatic rings. The van der Waals surface area contributed by atoms with Gasteiger partial charge in [-0.3, -0.25) is 0 Å². The van der Waals surface area contributed by atoms with Gasteiger partial charge in [-0.05, 0) is 0 Å². The molecule has 33 heavy (non-hydrogen) atoms. The van der Waals surface area contributed by atoms with E-state index in [2.05, 4.69) is 20.0 Å². The van der Waals surface area contributed by atoms with E-state index in [1.54, 1.807) is 6.04 Å². The first-order chi connectivity index (χ1) is 16.3. The van der Waals surface area contributed by atoms with E-state index in [0.29, 0.717) is 0 Å². The van der Waals surface area contributed by atoms with Crippen LogP contribution in [0.2, 0.25) is 19.1 Å². The van der Waals surface area contributed by atoms with Crippen molar-refractivity contribution in [2.45, 2.75) is 206 Å². The quantitative estimate of drug-likeness (QED) is 0.0737. The Morgan fingerprint density at radius 2 is 0.455 bits per heavy atom. The van der Waals surface area contributed by atoms with E-state index in [-0.39, 0.29) is 8.80 Å². The molecule has 0 aromatic rings. The lowest BCUT2D eigenvalue weighted by molar-refractivity contribution is 0.514. The molecule has 0 aliphatic carbocycles. The van der Waals surface area contributed by atoms with Crippen molar-refractivity contribution in [2.75, 3.05) is 0 Å². The molecule has 1 heteroatoms. The van der Waals surface area contributed by atoms with Crippen molar-refractivity contribution in [1.29, 1.82) is 0 Å². The second kappa shape index (κ2) is 30.2. The highest BCUT2D eigenvalue weighted by Gasteiger charge is 1.97. The van der Waals surface area contributed by atoms with E-state index >= 15 is 0 Å². The summed E-state index contributed by atoms with van der Waals surface area (Å²) in [6.45, 7) is 7.28. The van der Waals surface area contributed by atoms with Crippen LogP contribution < -0.4 is 0 Å². The third-order valence-corrected chi connectivity index (χ3v) is 9.20. The Hall–Kier alpha value is 0.217. The number of hydrogen-bond donors (Lipinski definition) is 0. The predicted molar refractivity (Wildman–Crippen MR) is 159 cm³/mol. The van der Waals surface area contributed by atoms with Crippen LogP contribution in [0.25, 0.3) is 0 Å². The van der Waals surface area contributed by atoms with Crippen LogP contribution in [0.4, 0.5) is 0 Å². The van der Waals surface area contributed by atoms with Gasteiger partial charge in [-0.25, -0.2) is 0 Å². The molecule has 0 aliphatic heterocycles. The van der Waals surface area contributed by atoms with Gasteiger partial charge in [0, 0.05) is 8.80 Å². The van der Waals surface area contributed by atoms with Crippen LogP contribution in [0.5, 0.6) is 0 Å². The van der Waals surface area contributed by atoms with Gasteiger partial charge in [0.25, 0.3) is 0 Å². The van der Waals surface area contributed by atoms with Gasteiger partial charge in [0.15, 0.2) is 0 Å². The fourth-order valence-electron chi connectivity index (χ4n) is 5.22. The molecule has 0 atom stereocenters. The largest absolute Gasteiger partial charge is 0.0722 e. The zero-order valence-electron chi connectivity index (χ0n) is 24.1. The number of hydrogen-bond acceptors (Lipinski definition) is 0. The fourth-order valence-corrected chi connectivity index (χ4v) is 6.33. The van der Waals surface area contributed by atoms with E-state index in [0.717, 1.165) is 0 Å². The van der Waals surface area contributed by atoms with Gasteiger partial charge < -0.3 is 0 Å². The highest BCUT2D eigenvalue weighted by molar-refractivity contribution is 6.55. The predicted octanol–water partition coefficient (Wildman–Crippen LogP) is 12.4. The maximum atomic E-state index is 2.49. The highest BCUT2D eigenvalue weighted by Crippen LogP contribution is 2.16.